The van der Waals surface area contributed by atoms with Crippen molar-refractivity contribution in [2.24, 2.45) is 91.6 Å². The molecule has 0 fully saturated rings. The van der Waals surface area contributed by atoms with E-state index in [0.29, 0.717) is 0 Å². The maximum absolute atomic E-state index is 3.64. The van der Waals surface area contributed by atoms with Crippen LogP contribution in [-0.4, -0.2) is 36.5 Å². The lowest BCUT2D eigenvalue weighted by Crippen LogP contribution is -2.23. The van der Waals surface area contributed by atoms with Crippen LogP contribution < -0.4 is 36.5 Å². The van der Waals surface area contributed by atoms with Crippen LogP contribution in [-0.2, 0) is 111 Å². The highest BCUT2D eigenvalue weighted by molar-refractivity contribution is 4.74. The highest BCUT2D eigenvalue weighted by Gasteiger charge is 2.01. The molecule has 0 N–H and O–H groups in total. The summed E-state index contributed by atoms with van der Waals surface area (Å²) < 4.78 is 32.8. The van der Waals surface area contributed by atoms with Gasteiger partial charge in [-0.2, -0.15) is 0 Å². The van der Waals surface area contributed by atoms with Crippen molar-refractivity contribution in [3.63, 3.8) is 0 Å². The van der Waals surface area contributed by atoms with Crippen LogP contribution in [0.15, 0.2) is 162 Å². The predicted molar refractivity (Wildman–Crippen MR) is 328 cm³/mol. The Balaban J connectivity index is 0.000000485. The molecule has 0 unspecified atom stereocenters. The number of hydrogen-bond donors (Lipinski definition) is 0. The standard InChI is InChI=1S/C20H39N2.C13H25N2.C7H11N2.5C5H9N2/c1-3-4-5-6-7-8-9-10-11-12-13-14-15-16-17-22-19-18-21(2)20-22;1-3-4-5-6-7-8-9-10-15-12-11-14(2)13-15;1-3-4-9-6-5-8(2)7-9;5*1-6-3-4-7(2)5-6/h18-20H,3-17H2,1-2H3;11-13H,3-10H2,1-2H3;3,5-7H,1,4H2,2H3;5*3-5H,1-2H3/q8*+1. The first kappa shape index (κ1) is 72.4. The number of hydrogen-bond acceptors (Lipinski definition) is 0. The predicted octanol–water partition coefficient (Wildman–Crippen LogP) is 8.60. The molecular formula is C65H120N16+8. The van der Waals surface area contributed by atoms with Crippen molar-refractivity contribution in [3.05, 3.63) is 162 Å². The van der Waals surface area contributed by atoms with Crippen molar-refractivity contribution in [1.82, 2.24) is 36.5 Å². The highest BCUT2D eigenvalue weighted by atomic mass is 15.1. The molecular weight excluding hydrogens is 1000 g/mol. The lowest BCUT2D eigenvalue weighted by atomic mass is 10.0. The Bertz CT molecular complexity index is 2340. The molecule has 0 aliphatic rings. The summed E-state index contributed by atoms with van der Waals surface area (Å²) in [7, 11) is 26.2. The second-order valence-corrected chi connectivity index (χ2v) is 22.1. The van der Waals surface area contributed by atoms with Crippen LogP contribution in [0.25, 0.3) is 0 Å². The van der Waals surface area contributed by atoms with Gasteiger partial charge in [0.25, 0.3) is 0 Å². The van der Waals surface area contributed by atoms with E-state index in [-0.39, 0.29) is 0 Å². The van der Waals surface area contributed by atoms with Gasteiger partial charge in [0.2, 0.25) is 50.6 Å². The van der Waals surface area contributed by atoms with Crippen molar-refractivity contribution in [2.75, 3.05) is 0 Å². The number of allylic oxidation sites excluding steroid dienone is 1. The van der Waals surface area contributed by atoms with Gasteiger partial charge in [-0.15, -0.1) is 0 Å². The second kappa shape index (κ2) is 47.1. The van der Waals surface area contributed by atoms with Crippen molar-refractivity contribution >= 4 is 0 Å². The van der Waals surface area contributed by atoms with Gasteiger partial charge in [-0.3, -0.25) is 0 Å². The maximum Gasteiger partial charge on any atom is 0.243 e. The van der Waals surface area contributed by atoms with Gasteiger partial charge in [-0.1, -0.05) is 136 Å². The topological polar surface area (TPSA) is 70.5 Å². The molecule has 8 rings (SSSR count). The van der Waals surface area contributed by atoms with E-state index in [1.54, 1.807) is 0 Å². The third kappa shape index (κ3) is 42.9. The number of nitrogens with zero attached hydrogens (tertiary/aromatic N) is 16. The van der Waals surface area contributed by atoms with E-state index in [1.165, 1.54) is 148 Å². The summed E-state index contributed by atoms with van der Waals surface area (Å²) in [6.45, 7) is 11.4. The van der Waals surface area contributed by atoms with Crippen molar-refractivity contribution in [2.45, 2.75) is 168 Å². The van der Waals surface area contributed by atoms with Crippen LogP contribution in [0.2, 0.25) is 0 Å². The van der Waals surface area contributed by atoms with E-state index in [0.717, 1.165) is 6.54 Å². The first-order chi connectivity index (χ1) is 38.9. The SMILES string of the molecule is C=CCn1cc[n+](C)c1.CCCCCCCCCCCCCCCCn1cc[n+](C)c1.CCCCCCCCCn1cc[n+](C)c1.Cn1cc[n+](C)c1.Cn1cc[n+](C)c1.Cn1cc[n+](C)c1.Cn1cc[n+](C)c1.Cn1cc[n+](C)c1. The smallest absolute Gasteiger partial charge is 0.240 e. The number of unbranched alkanes of at least 4 members (excludes halogenated alkanes) is 19. The molecule has 0 atom stereocenters. The highest BCUT2D eigenvalue weighted by Crippen LogP contribution is 2.13. The first-order valence-electron chi connectivity index (χ1n) is 30.4. The Kier molecular flexibility index (Phi) is 42.1. The minimum atomic E-state index is 0.890. The first-order valence-corrected chi connectivity index (χ1v) is 30.4. The minimum absolute atomic E-state index is 0.890. The van der Waals surface area contributed by atoms with Crippen molar-refractivity contribution < 1.29 is 36.5 Å². The third-order valence-electron chi connectivity index (χ3n) is 13.1. The molecule has 452 valence electrons. The molecule has 0 bridgehead atoms. The van der Waals surface area contributed by atoms with Crippen molar-refractivity contribution in [1.29, 1.82) is 0 Å². The fraction of sp³-hybridized carbons (Fsp3) is 0.600. The van der Waals surface area contributed by atoms with Gasteiger partial charge in [0, 0.05) is 0 Å². The largest absolute Gasteiger partial charge is 0.243 e. The Morgan fingerprint density at radius 1 is 0.272 bits per heavy atom. The zero-order valence-corrected chi connectivity index (χ0v) is 54.3. The van der Waals surface area contributed by atoms with Crippen molar-refractivity contribution in [3.8, 4) is 0 Å². The summed E-state index contributed by atoms with van der Waals surface area (Å²) in [6.07, 6.45) is 80.6. The van der Waals surface area contributed by atoms with Crippen LogP contribution in [0.3, 0.4) is 0 Å². The molecule has 16 nitrogen and oxygen atoms in total. The van der Waals surface area contributed by atoms with Crippen LogP contribution in [0.4, 0.5) is 0 Å². The van der Waals surface area contributed by atoms with Gasteiger partial charge in [-0.25, -0.2) is 73.1 Å². The molecule has 0 aliphatic heterocycles. The lowest BCUT2D eigenvalue weighted by Gasteiger charge is -2.03. The summed E-state index contributed by atoms with van der Waals surface area (Å²) in [4.78, 5) is 0. The van der Waals surface area contributed by atoms with Gasteiger partial charge in [0.05, 0.1) is 105 Å². The summed E-state index contributed by atoms with van der Waals surface area (Å²) in [5.74, 6) is 0. The fourth-order valence-corrected chi connectivity index (χ4v) is 8.64. The average molecular weight is 1130 g/mol. The Morgan fingerprint density at radius 2 is 0.469 bits per heavy atom. The molecule has 8 heterocycles. The average Bonchev–Trinajstić information content (AvgIpc) is 4.34. The third-order valence-corrected chi connectivity index (χ3v) is 13.1. The summed E-state index contributed by atoms with van der Waals surface area (Å²) in [5.41, 5.74) is 0. The Morgan fingerprint density at radius 3 is 0.630 bits per heavy atom. The second-order valence-electron chi connectivity index (χ2n) is 22.1. The number of aryl methyl sites for hydroxylation is 15. The maximum atomic E-state index is 3.64. The summed E-state index contributed by atoms with van der Waals surface area (Å²) >= 11 is 0. The lowest BCUT2D eigenvalue weighted by molar-refractivity contribution is -0.671. The normalized spacial score (nSPS) is 10.2. The number of aromatic nitrogens is 16. The van der Waals surface area contributed by atoms with Gasteiger partial charge in [0.1, 0.15) is 106 Å². The fourth-order valence-electron chi connectivity index (χ4n) is 8.64. The van der Waals surface area contributed by atoms with Crippen LogP contribution in [0, 0.1) is 0 Å². The molecule has 0 saturated carbocycles. The molecule has 0 saturated heterocycles. The molecule has 16 heteroatoms. The van der Waals surface area contributed by atoms with Gasteiger partial charge >= 0.3 is 0 Å². The van der Waals surface area contributed by atoms with Gasteiger partial charge < -0.3 is 0 Å². The van der Waals surface area contributed by atoms with E-state index < -0.39 is 0 Å². The van der Waals surface area contributed by atoms with Crippen LogP contribution in [0.5, 0.6) is 0 Å². The minimum Gasteiger partial charge on any atom is -0.240 e. The molecule has 8 aromatic heterocycles. The molecule has 0 radical (unpaired) electrons. The Labute approximate surface area is 493 Å². The molecule has 0 amide bonds. The molecule has 0 aromatic carbocycles. The zero-order valence-electron chi connectivity index (χ0n) is 54.3. The van der Waals surface area contributed by atoms with Crippen LogP contribution >= 0.6 is 0 Å². The molecule has 0 spiro atoms. The Hall–Kier alpha value is -6.58. The van der Waals surface area contributed by atoms with Gasteiger partial charge in [0.15, 0.2) is 0 Å². The monoisotopic (exact) mass is 1120 g/mol. The number of rotatable bonds is 25. The zero-order chi connectivity index (χ0) is 59.9. The van der Waals surface area contributed by atoms with E-state index in [4.69, 9.17) is 0 Å². The number of imidazole rings is 8. The van der Waals surface area contributed by atoms with E-state index in [1.807, 2.05) is 246 Å². The quantitative estimate of drug-likeness (QED) is 0.0313. The van der Waals surface area contributed by atoms with E-state index in [9.17, 15) is 0 Å². The molecule has 81 heavy (non-hydrogen) atoms. The van der Waals surface area contributed by atoms with E-state index in [2.05, 4.69) is 94.8 Å². The van der Waals surface area contributed by atoms with Gasteiger partial charge in [-0.05, 0) is 25.7 Å². The molecule has 8 aromatic rings. The summed E-state index contributed by atoms with van der Waals surface area (Å²) in [6, 6.07) is 0. The molecule has 0 aliphatic carbocycles. The van der Waals surface area contributed by atoms with Crippen LogP contribution in [0.1, 0.15) is 149 Å². The summed E-state index contributed by atoms with van der Waals surface area (Å²) in [5, 5.41) is 0. The van der Waals surface area contributed by atoms with E-state index >= 15 is 0 Å².